The number of fused-ring (bicyclic) bond motifs is 1. The summed E-state index contributed by atoms with van der Waals surface area (Å²) in [4.78, 5) is 45.4. The third kappa shape index (κ3) is 9.82. The van der Waals surface area contributed by atoms with E-state index in [1.807, 2.05) is 50.4 Å². The molecule has 1 atom stereocenters. The number of hydrogen-bond donors (Lipinski definition) is 4. The van der Waals surface area contributed by atoms with Crippen LogP contribution in [0.3, 0.4) is 0 Å². The molecule has 2 aromatic carbocycles. The quantitative estimate of drug-likeness (QED) is 0.117. The number of halogens is 3. The third-order valence-electron chi connectivity index (χ3n) is 7.36. The highest BCUT2D eigenvalue weighted by molar-refractivity contribution is 5.90. The van der Waals surface area contributed by atoms with Crippen molar-refractivity contribution in [3.8, 4) is 11.3 Å². The number of rotatable bonds is 13. The van der Waals surface area contributed by atoms with E-state index < -0.39 is 12.1 Å². The molecule has 0 aliphatic heterocycles. The van der Waals surface area contributed by atoms with Gasteiger partial charge in [0.05, 0.1) is 24.4 Å². The number of ketones is 1. The molecule has 236 valence electrons. The number of unbranched alkanes of at least 4 members (excludes halogenated alkanes) is 2. The largest absolute Gasteiger partial charge is 0.490 e. The lowest BCUT2D eigenvalue weighted by Gasteiger charge is -2.17. The Bertz CT molecular complexity index is 1540. The first-order chi connectivity index (χ1) is 20.9. The number of Topliss-reactive ketones (excluding diaryl/α,β-unsaturated/α-hetero) is 1. The van der Waals surface area contributed by atoms with Crippen molar-refractivity contribution in [2.75, 3.05) is 0 Å². The highest BCUT2D eigenvalue weighted by atomic mass is 19.4. The standard InChI is InChI=1S/C31H38N4O2.C2HF3O2/c1-4-22-16-17-27-26(18-22)25(21(3)33-27)19-30(37)34-28(15-11-7-10-14-24(36)5-2)31-32-20-29(35-31)23-12-8-6-9-13-23;3-2(4,5)1(6)7/h6,8-9,12-13,16-18,20,28,33H,4-5,7,10-11,14-15,19H2,1-3H3,(H,32,35)(H,34,37);(H,6,7)/t28-;/m0./s1. The average Bonchev–Trinajstić information content (AvgIpc) is 3.61. The molecule has 44 heavy (non-hydrogen) atoms. The molecule has 4 N–H and O–H groups in total. The molecule has 4 aromatic rings. The van der Waals surface area contributed by atoms with Crippen LogP contribution in [-0.4, -0.2) is 43.9 Å². The summed E-state index contributed by atoms with van der Waals surface area (Å²) in [6.07, 6.45) is 2.76. The summed E-state index contributed by atoms with van der Waals surface area (Å²) in [6.45, 7) is 6.08. The number of nitrogens with zero attached hydrogens (tertiary/aromatic N) is 1. The van der Waals surface area contributed by atoms with E-state index in [9.17, 15) is 22.8 Å². The Hall–Kier alpha value is -4.41. The molecule has 0 bridgehead atoms. The van der Waals surface area contributed by atoms with Gasteiger partial charge in [0.15, 0.2) is 0 Å². The van der Waals surface area contributed by atoms with Crippen LogP contribution in [0.15, 0.2) is 54.7 Å². The zero-order valence-corrected chi connectivity index (χ0v) is 25.2. The lowest BCUT2D eigenvalue weighted by molar-refractivity contribution is -0.192. The van der Waals surface area contributed by atoms with Crippen molar-refractivity contribution in [3.05, 3.63) is 77.4 Å². The number of aromatic nitrogens is 3. The molecule has 2 aromatic heterocycles. The van der Waals surface area contributed by atoms with E-state index in [0.717, 1.165) is 71.3 Å². The van der Waals surface area contributed by atoms with Gasteiger partial charge in [-0.2, -0.15) is 13.2 Å². The molecule has 0 aliphatic carbocycles. The zero-order valence-electron chi connectivity index (χ0n) is 25.2. The van der Waals surface area contributed by atoms with Crippen LogP contribution in [0.2, 0.25) is 0 Å². The molecule has 2 heterocycles. The summed E-state index contributed by atoms with van der Waals surface area (Å²) in [5.74, 6) is -1.70. The zero-order chi connectivity index (χ0) is 32.3. The van der Waals surface area contributed by atoms with Crippen LogP contribution in [0.1, 0.15) is 81.1 Å². The Morgan fingerprint density at radius 3 is 2.34 bits per heavy atom. The van der Waals surface area contributed by atoms with Crippen molar-refractivity contribution in [2.24, 2.45) is 0 Å². The van der Waals surface area contributed by atoms with Crippen LogP contribution in [0, 0.1) is 6.92 Å². The molecule has 0 aliphatic rings. The fourth-order valence-electron chi connectivity index (χ4n) is 4.86. The van der Waals surface area contributed by atoms with E-state index in [-0.39, 0.29) is 11.9 Å². The van der Waals surface area contributed by atoms with E-state index >= 15 is 0 Å². The van der Waals surface area contributed by atoms with E-state index in [1.54, 1.807) is 0 Å². The van der Waals surface area contributed by atoms with Crippen molar-refractivity contribution < 1.29 is 32.7 Å². The number of hydrogen-bond acceptors (Lipinski definition) is 4. The van der Waals surface area contributed by atoms with Crippen molar-refractivity contribution >= 4 is 28.6 Å². The number of carboxylic acid groups (broad SMARTS) is 1. The van der Waals surface area contributed by atoms with Crippen LogP contribution in [-0.2, 0) is 27.2 Å². The highest BCUT2D eigenvalue weighted by Gasteiger charge is 2.38. The second kappa shape index (κ2) is 15.9. The first-order valence-corrected chi connectivity index (χ1v) is 14.7. The first kappa shape index (κ1) is 34.1. The van der Waals surface area contributed by atoms with Gasteiger partial charge in [0.25, 0.3) is 0 Å². The van der Waals surface area contributed by atoms with Gasteiger partial charge in [-0.25, -0.2) is 9.78 Å². The molecule has 0 saturated carbocycles. The number of aromatic amines is 2. The summed E-state index contributed by atoms with van der Waals surface area (Å²) < 4.78 is 31.7. The SMILES string of the molecule is CCC(=O)CCCCC[C@H](NC(=O)Cc1c(C)[nH]c2ccc(CC)cc12)c1ncc(-c2ccccc2)[nH]1.O=C(O)C(F)(F)F. The van der Waals surface area contributed by atoms with Gasteiger partial charge in [-0.1, -0.05) is 63.1 Å². The van der Waals surface area contributed by atoms with Crippen LogP contribution in [0.4, 0.5) is 13.2 Å². The molecule has 0 unspecified atom stereocenters. The van der Waals surface area contributed by atoms with E-state index in [1.165, 1.54) is 5.56 Å². The molecule has 11 heteroatoms. The predicted octanol–water partition coefficient (Wildman–Crippen LogP) is 7.39. The Balaban J connectivity index is 0.000000676. The molecular weight excluding hydrogens is 573 g/mol. The summed E-state index contributed by atoms with van der Waals surface area (Å²) in [5.41, 5.74) is 6.39. The van der Waals surface area contributed by atoms with Gasteiger partial charge in [0.1, 0.15) is 11.6 Å². The fourth-order valence-corrected chi connectivity index (χ4v) is 4.86. The Morgan fingerprint density at radius 1 is 1.00 bits per heavy atom. The number of benzene rings is 2. The van der Waals surface area contributed by atoms with Gasteiger partial charge in [0.2, 0.25) is 5.91 Å². The van der Waals surface area contributed by atoms with Crippen LogP contribution in [0.5, 0.6) is 0 Å². The Morgan fingerprint density at radius 2 is 1.70 bits per heavy atom. The number of amides is 1. The summed E-state index contributed by atoms with van der Waals surface area (Å²) in [7, 11) is 0. The fraction of sp³-hybridized carbons (Fsp3) is 0.394. The normalized spacial score (nSPS) is 12.0. The molecule has 0 fully saturated rings. The second-order valence-electron chi connectivity index (χ2n) is 10.6. The monoisotopic (exact) mass is 612 g/mol. The number of aryl methyl sites for hydroxylation is 2. The second-order valence-corrected chi connectivity index (χ2v) is 10.6. The minimum absolute atomic E-state index is 0.0188. The number of imidazole rings is 1. The number of carboxylic acids is 1. The van der Waals surface area contributed by atoms with E-state index in [4.69, 9.17) is 9.90 Å². The molecule has 0 spiro atoms. The van der Waals surface area contributed by atoms with Crippen LogP contribution < -0.4 is 5.32 Å². The maximum Gasteiger partial charge on any atom is 0.490 e. The lowest BCUT2D eigenvalue weighted by atomic mass is 10.0. The smallest absolute Gasteiger partial charge is 0.475 e. The van der Waals surface area contributed by atoms with Crippen molar-refractivity contribution in [1.82, 2.24) is 20.3 Å². The van der Waals surface area contributed by atoms with Crippen molar-refractivity contribution in [3.63, 3.8) is 0 Å². The maximum absolute atomic E-state index is 13.3. The van der Waals surface area contributed by atoms with Gasteiger partial charge < -0.3 is 20.4 Å². The summed E-state index contributed by atoms with van der Waals surface area (Å²) in [5, 5.41) is 11.5. The number of aliphatic carboxylic acids is 1. The van der Waals surface area contributed by atoms with Crippen LogP contribution >= 0.6 is 0 Å². The summed E-state index contributed by atoms with van der Waals surface area (Å²) in [6, 6.07) is 16.3. The van der Waals surface area contributed by atoms with Crippen molar-refractivity contribution in [2.45, 2.75) is 84.4 Å². The van der Waals surface area contributed by atoms with Gasteiger partial charge in [-0.15, -0.1) is 0 Å². The number of nitrogens with one attached hydrogen (secondary N) is 3. The third-order valence-corrected chi connectivity index (χ3v) is 7.36. The van der Waals surface area contributed by atoms with Gasteiger partial charge in [0, 0.05) is 29.4 Å². The Kier molecular flexibility index (Phi) is 12.3. The predicted molar refractivity (Wildman–Crippen MR) is 163 cm³/mol. The number of H-pyrrole nitrogens is 2. The van der Waals surface area contributed by atoms with Gasteiger partial charge >= 0.3 is 12.1 Å². The number of carbonyl (C=O) groups is 3. The maximum atomic E-state index is 13.3. The molecule has 8 nitrogen and oxygen atoms in total. The van der Waals surface area contributed by atoms with Gasteiger partial charge in [-0.05, 0) is 55.0 Å². The molecule has 1 amide bonds. The topological polar surface area (TPSA) is 128 Å². The van der Waals surface area contributed by atoms with Crippen molar-refractivity contribution in [1.29, 1.82) is 0 Å². The molecular formula is C33H39F3N4O4. The number of carbonyl (C=O) groups excluding carboxylic acids is 2. The minimum Gasteiger partial charge on any atom is -0.475 e. The van der Waals surface area contributed by atoms with Crippen LogP contribution in [0.25, 0.3) is 22.2 Å². The van der Waals surface area contributed by atoms with Gasteiger partial charge in [-0.3, -0.25) is 9.59 Å². The summed E-state index contributed by atoms with van der Waals surface area (Å²) >= 11 is 0. The molecule has 0 saturated heterocycles. The molecule has 4 rings (SSSR count). The first-order valence-electron chi connectivity index (χ1n) is 14.7. The van der Waals surface area contributed by atoms with E-state index in [0.29, 0.717) is 25.0 Å². The highest BCUT2D eigenvalue weighted by Crippen LogP contribution is 2.26. The Labute approximate surface area is 254 Å². The average molecular weight is 613 g/mol. The lowest BCUT2D eigenvalue weighted by Crippen LogP contribution is -2.30. The molecule has 0 radical (unpaired) electrons. The van der Waals surface area contributed by atoms with E-state index in [2.05, 4.69) is 45.4 Å². The minimum atomic E-state index is -5.08. The number of alkyl halides is 3.